The van der Waals surface area contributed by atoms with Gasteiger partial charge in [-0.1, -0.05) is 31.5 Å². The number of hydrogen-bond donors (Lipinski definition) is 1. The van der Waals surface area contributed by atoms with Crippen LogP contribution in [0.5, 0.6) is 0 Å². The standard InChI is InChI=1S/C19H27FN2O/c1-2-15(14-22-12-6-3-7-13-22)21-18(23)19(10-11-19)16-8-4-5-9-17(16)20/h4-5,8-9,15H,2-3,6-7,10-14H2,1H3,(H,21,23). The first-order chi connectivity index (χ1) is 11.2. The summed E-state index contributed by atoms with van der Waals surface area (Å²) in [5.74, 6) is -0.254. The topological polar surface area (TPSA) is 32.3 Å². The smallest absolute Gasteiger partial charge is 0.231 e. The molecule has 3 nitrogen and oxygen atoms in total. The van der Waals surface area contributed by atoms with Crippen molar-refractivity contribution in [2.24, 2.45) is 0 Å². The first kappa shape index (κ1) is 16.4. The molecule has 1 aromatic carbocycles. The lowest BCUT2D eigenvalue weighted by Crippen LogP contribution is -2.48. The van der Waals surface area contributed by atoms with E-state index in [9.17, 15) is 9.18 Å². The molecule has 1 saturated heterocycles. The quantitative estimate of drug-likeness (QED) is 0.873. The van der Waals surface area contributed by atoms with E-state index < -0.39 is 5.41 Å². The van der Waals surface area contributed by atoms with Gasteiger partial charge in [0.25, 0.3) is 0 Å². The molecule has 0 bridgehead atoms. The molecule has 1 amide bonds. The van der Waals surface area contributed by atoms with Gasteiger partial charge in [0, 0.05) is 18.2 Å². The van der Waals surface area contributed by atoms with Crippen molar-refractivity contribution >= 4 is 5.91 Å². The molecule has 1 aliphatic carbocycles. The van der Waals surface area contributed by atoms with Crippen LogP contribution in [-0.4, -0.2) is 36.5 Å². The van der Waals surface area contributed by atoms with Gasteiger partial charge in [-0.05, 0) is 51.3 Å². The minimum absolute atomic E-state index is 0.00598. The van der Waals surface area contributed by atoms with Crippen LogP contribution in [0.2, 0.25) is 0 Å². The third-order valence-electron chi connectivity index (χ3n) is 5.33. The molecule has 0 radical (unpaired) electrons. The summed E-state index contributed by atoms with van der Waals surface area (Å²) in [5.41, 5.74) is -0.0639. The van der Waals surface area contributed by atoms with Gasteiger partial charge < -0.3 is 10.2 Å². The molecule has 1 N–H and O–H groups in total. The zero-order valence-corrected chi connectivity index (χ0v) is 14.0. The van der Waals surface area contributed by atoms with Crippen molar-refractivity contribution < 1.29 is 9.18 Å². The number of benzene rings is 1. The second kappa shape index (κ2) is 7.00. The fourth-order valence-electron chi connectivity index (χ4n) is 3.65. The number of hydrogen-bond acceptors (Lipinski definition) is 2. The van der Waals surface area contributed by atoms with Crippen LogP contribution in [0.4, 0.5) is 4.39 Å². The summed E-state index contributed by atoms with van der Waals surface area (Å²) in [6, 6.07) is 6.86. The number of carbonyl (C=O) groups excluding carboxylic acids is 1. The van der Waals surface area contributed by atoms with E-state index in [0.29, 0.717) is 5.56 Å². The molecule has 23 heavy (non-hydrogen) atoms. The Kier molecular flexibility index (Phi) is 5.00. The molecule has 1 saturated carbocycles. The zero-order chi connectivity index (χ0) is 16.3. The molecule has 1 atom stereocenters. The van der Waals surface area contributed by atoms with Crippen LogP contribution in [0.3, 0.4) is 0 Å². The molecule has 126 valence electrons. The average molecular weight is 318 g/mol. The molecule has 3 rings (SSSR count). The number of piperidine rings is 1. The molecular weight excluding hydrogens is 291 g/mol. The fourth-order valence-corrected chi connectivity index (χ4v) is 3.65. The van der Waals surface area contributed by atoms with Crippen LogP contribution >= 0.6 is 0 Å². The van der Waals surface area contributed by atoms with Crippen molar-refractivity contribution in [2.45, 2.75) is 56.9 Å². The lowest BCUT2D eigenvalue weighted by Gasteiger charge is -2.31. The first-order valence-corrected chi connectivity index (χ1v) is 8.94. The van der Waals surface area contributed by atoms with E-state index in [4.69, 9.17) is 0 Å². The maximum atomic E-state index is 14.1. The summed E-state index contributed by atoms with van der Waals surface area (Å²) in [4.78, 5) is 15.2. The van der Waals surface area contributed by atoms with Crippen LogP contribution in [0, 0.1) is 5.82 Å². The Morgan fingerprint density at radius 2 is 1.96 bits per heavy atom. The Morgan fingerprint density at radius 1 is 1.26 bits per heavy atom. The Morgan fingerprint density at radius 3 is 2.57 bits per heavy atom. The summed E-state index contributed by atoms with van der Waals surface area (Å²) in [6.07, 6.45) is 6.23. The number of nitrogens with zero attached hydrogens (tertiary/aromatic N) is 1. The lowest BCUT2D eigenvalue weighted by molar-refractivity contribution is -0.124. The number of rotatable bonds is 6. The average Bonchev–Trinajstić information content (AvgIpc) is 3.37. The number of likely N-dealkylation sites (tertiary alicyclic amines) is 1. The van der Waals surface area contributed by atoms with Crippen LogP contribution in [-0.2, 0) is 10.2 Å². The number of amides is 1. The maximum Gasteiger partial charge on any atom is 0.231 e. The number of nitrogens with one attached hydrogen (secondary N) is 1. The van der Waals surface area contributed by atoms with Crippen molar-refractivity contribution in [3.05, 3.63) is 35.6 Å². The van der Waals surface area contributed by atoms with Gasteiger partial charge in [0.05, 0.1) is 5.41 Å². The van der Waals surface area contributed by atoms with Crippen LogP contribution in [0.25, 0.3) is 0 Å². The fraction of sp³-hybridized carbons (Fsp3) is 0.632. The zero-order valence-electron chi connectivity index (χ0n) is 14.0. The van der Waals surface area contributed by atoms with Gasteiger partial charge in [-0.3, -0.25) is 4.79 Å². The highest BCUT2D eigenvalue weighted by molar-refractivity contribution is 5.91. The van der Waals surface area contributed by atoms with E-state index in [1.807, 2.05) is 6.07 Å². The summed E-state index contributed by atoms with van der Waals surface area (Å²) in [6.45, 7) is 5.28. The normalized spacial score (nSPS) is 21.7. The molecule has 1 unspecified atom stereocenters. The number of carbonyl (C=O) groups is 1. The SMILES string of the molecule is CCC(CN1CCCCC1)NC(=O)C1(c2ccccc2F)CC1. The van der Waals surface area contributed by atoms with E-state index in [1.54, 1.807) is 12.1 Å². The third kappa shape index (κ3) is 3.57. The predicted octanol–water partition coefficient (Wildman–Crippen LogP) is 3.24. The first-order valence-electron chi connectivity index (χ1n) is 8.94. The molecule has 2 fully saturated rings. The van der Waals surface area contributed by atoms with Crippen LogP contribution in [0.15, 0.2) is 24.3 Å². The van der Waals surface area contributed by atoms with Gasteiger partial charge in [-0.25, -0.2) is 4.39 Å². The highest BCUT2D eigenvalue weighted by Crippen LogP contribution is 2.49. The lowest BCUT2D eigenvalue weighted by atomic mass is 9.94. The second-order valence-corrected chi connectivity index (χ2v) is 7.00. The Hall–Kier alpha value is -1.42. The molecular formula is C19H27FN2O. The van der Waals surface area contributed by atoms with Gasteiger partial charge >= 0.3 is 0 Å². The molecule has 1 aliphatic heterocycles. The van der Waals surface area contributed by atoms with Gasteiger partial charge in [0.2, 0.25) is 5.91 Å². The van der Waals surface area contributed by atoms with E-state index in [-0.39, 0.29) is 17.8 Å². The van der Waals surface area contributed by atoms with E-state index in [0.717, 1.165) is 38.9 Å². The molecule has 1 aromatic rings. The van der Waals surface area contributed by atoms with Crippen LogP contribution in [0.1, 0.15) is 51.0 Å². The third-order valence-corrected chi connectivity index (χ3v) is 5.33. The predicted molar refractivity (Wildman–Crippen MR) is 89.8 cm³/mol. The van der Waals surface area contributed by atoms with Gasteiger partial charge in [-0.15, -0.1) is 0 Å². The van der Waals surface area contributed by atoms with E-state index in [1.165, 1.54) is 25.3 Å². The summed E-state index contributed by atoms with van der Waals surface area (Å²) in [5, 5.41) is 3.20. The van der Waals surface area contributed by atoms with Crippen molar-refractivity contribution in [2.75, 3.05) is 19.6 Å². The largest absolute Gasteiger partial charge is 0.351 e. The highest BCUT2D eigenvalue weighted by atomic mass is 19.1. The molecule has 0 aromatic heterocycles. The van der Waals surface area contributed by atoms with Crippen molar-refractivity contribution in [1.82, 2.24) is 10.2 Å². The Bertz CT molecular complexity index is 550. The molecule has 4 heteroatoms. The van der Waals surface area contributed by atoms with E-state index in [2.05, 4.69) is 17.1 Å². The Labute approximate surface area is 138 Å². The van der Waals surface area contributed by atoms with Gasteiger partial charge in [-0.2, -0.15) is 0 Å². The van der Waals surface area contributed by atoms with Crippen LogP contribution < -0.4 is 5.32 Å². The Balaban J connectivity index is 1.64. The van der Waals surface area contributed by atoms with Gasteiger partial charge in [0.1, 0.15) is 5.82 Å². The summed E-state index contributed by atoms with van der Waals surface area (Å²) in [7, 11) is 0. The maximum absolute atomic E-state index is 14.1. The summed E-state index contributed by atoms with van der Waals surface area (Å²) >= 11 is 0. The van der Waals surface area contributed by atoms with Crippen molar-refractivity contribution in [3.63, 3.8) is 0 Å². The monoisotopic (exact) mass is 318 g/mol. The van der Waals surface area contributed by atoms with Gasteiger partial charge in [0.15, 0.2) is 0 Å². The second-order valence-electron chi connectivity index (χ2n) is 7.00. The van der Waals surface area contributed by atoms with E-state index >= 15 is 0 Å². The molecule has 2 aliphatic rings. The number of halogens is 1. The van der Waals surface area contributed by atoms with Crippen molar-refractivity contribution in [3.8, 4) is 0 Å². The minimum Gasteiger partial charge on any atom is -0.351 e. The molecule has 0 spiro atoms. The van der Waals surface area contributed by atoms with Crippen molar-refractivity contribution in [1.29, 1.82) is 0 Å². The minimum atomic E-state index is -0.624. The summed E-state index contributed by atoms with van der Waals surface area (Å²) < 4.78 is 14.1. The molecule has 1 heterocycles. The highest BCUT2D eigenvalue weighted by Gasteiger charge is 2.52.